The topological polar surface area (TPSA) is 94.0 Å². The Morgan fingerprint density at radius 3 is 3.09 bits per heavy atom. The Labute approximate surface area is 131 Å². The van der Waals surface area contributed by atoms with Crippen LogP contribution in [0.2, 0.25) is 5.02 Å². The van der Waals surface area contributed by atoms with Crippen LogP contribution < -0.4 is 10.6 Å². The molecular weight excluding hydrogens is 308 g/mol. The summed E-state index contributed by atoms with van der Waals surface area (Å²) in [7, 11) is 1.68. The summed E-state index contributed by atoms with van der Waals surface area (Å²) < 4.78 is 6.60. The summed E-state index contributed by atoms with van der Waals surface area (Å²) in [6, 6.07) is 6.93. The number of esters is 1. The van der Waals surface area contributed by atoms with E-state index in [4.69, 9.17) is 16.3 Å². The van der Waals surface area contributed by atoms with Gasteiger partial charge in [0.2, 0.25) is 5.95 Å². The van der Waals surface area contributed by atoms with Crippen LogP contribution in [0.15, 0.2) is 36.0 Å². The summed E-state index contributed by atoms with van der Waals surface area (Å²) >= 11 is 6.24. The van der Waals surface area contributed by atoms with Crippen molar-refractivity contribution in [3.8, 4) is 0 Å². The molecule has 0 fully saturated rings. The number of hydrogen-bond donors (Lipinski definition) is 2. The lowest BCUT2D eigenvalue weighted by Gasteiger charge is -2.23. The standard InChI is InChI=1S/C13H13ClN6O2/c1-15-7-22-12(21)10-6-11(8-4-2-3-5-9(8)14)20-13(16-10)17-18-19-20/h2-6,11,15H,7H2,1H3,(H,16,17,19). The van der Waals surface area contributed by atoms with Gasteiger partial charge in [0, 0.05) is 5.02 Å². The van der Waals surface area contributed by atoms with Gasteiger partial charge in [0.25, 0.3) is 0 Å². The molecular formula is C13H13ClN6O2. The molecule has 0 saturated heterocycles. The maximum Gasteiger partial charge on any atom is 0.355 e. The first kappa shape index (κ1) is 14.5. The molecule has 1 aromatic carbocycles. The predicted octanol–water partition coefficient (Wildman–Crippen LogP) is 0.945. The average Bonchev–Trinajstić information content (AvgIpc) is 3.00. The Morgan fingerprint density at radius 1 is 1.50 bits per heavy atom. The van der Waals surface area contributed by atoms with Crippen LogP contribution in [0.25, 0.3) is 0 Å². The minimum absolute atomic E-state index is 0.111. The highest BCUT2D eigenvalue weighted by atomic mass is 35.5. The van der Waals surface area contributed by atoms with Gasteiger partial charge < -0.3 is 10.1 Å². The fraction of sp³-hybridized carbons (Fsp3) is 0.231. The molecule has 1 aliphatic rings. The highest BCUT2D eigenvalue weighted by Gasteiger charge is 2.28. The number of ether oxygens (including phenoxy) is 1. The summed E-state index contributed by atoms with van der Waals surface area (Å²) in [5, 5.41) is 17.6. The van der Waals surface area contributed by atoms with Crippen LogP contribution in [-0.2, 0) is 9.53 Å². The van der Waals surface area contributed by atoms with Crippen molar-refractivity contribution in [1.82, 2.24) is 25.5 Å². The maximum absolute atomic E-state index is 12.0. The number of carbonyl (C=O) groups is 1. The smallest absolute Gasteiger partial charge is 0.355 e. The molecule has 8 nitrogen and oxygen atoms in total. The fourth-order valence-electron chi connectivity index (χ4n) is 2.12. The number of anilines is 1. The summed E-state index contributed by atoms with van der Waals surface area (Å²) in [5.41, 5.74) is 1.06. The van der Waals surface area contributed by atoms with Gasteiger partial charge in [-0.05, 0) is 35.2 Å². The number of hydrogen-bond acceptors (Lipinski definition) is 7. The van der Waals surface area contributed by atoms with Crippen molar-refractivity contribution in [2.45, 2.75) is 6.04 Å². The second-order valence-corrected chi connectivity index (χ2v) is 4.96. The maximum atomic E-state index is 12.0. The highest BCUT2D eigenvalue weighted by Crippen LogP contribution is 2.32. The Bertz CT molecular complexity index is 729. The van der Waals surface area contributed by atoms with Gasteiger partial charge in [-0.2, -0.15) is 4.68 Å². The van der Waals surface area contributed by atoms with Crippen LogP contribution in [0.1, 0.15) is 11.6 Å². The van der Waals surface area contributed by atoms with Crippen LogP contribution in [0.4, 0.5) is 5.95 Å². The van der Waals surface area contributed by atoms with E-state index in [1.54, 1.807) is 23.9 Å². The van der Waals surface area contributed by atoms with Crippen molar-refractivity contribution in [2.24, 2.45) is 0 Å². The molecule has 0 bridgehead atoms. The van der Waals surface area contributed by atoms with Crippen LogP contribution in [0, 0.1) is 0 Å². The molecule has 2 N–H and O–H groups in total. The third-order valence-electron chi connectivity index (χ3n) is 3.12. The minimum Gasteiger partial charge on any atom is -0.445 e. The Hall–Kier alpha value is -2.45. The van der Waals surface area contributed by atoms with Gasteiger partial charge in [0.05, 0.1) is 0 Å². The normalized spacial score (nSPS) is 16.5. The van der Waals surface area contributed by atoms with E-state index in [0.717, 1.165) is 5.56 Å². The molecule has 1 atom stereocenters. The quantitative estimate of drug-likeness (QED) is 0.639. The van der Waals surface area contributed by atoms with Crippen LogP contribution in [0.3, 0.4) is 0 Å². The van der Waals surface area contributed by atoms with Gasteiger partial charge in [-0.15, -0.1) is 0 Å². The third-order valence-corrected chi connectivity index (χ3v) is 3.46. The molecule has 1 unspecified atom stereocenters. The lowest BCUT2D eigenvalue weighted by Crippen LogP contribution is -2.27. The molecule has 0 amide bonds. The number of halogens is 1. The molecule has 22 heavy (non-hydrogen) atoms. The largest absolute Gasteiger partial charge is 0.445 e. The Kier molecular flexibility index (Phi) is 4.03. The van der Waals surface area contributed by atoms with E-state index in [1.807, 2.05) is 18.2 Å². The number of carbonyl (C=O) groups excluding carboxylic acids is 1. The zero-order valence-electron chi connectivity index (χ0n) is 11.7. The van der Waals surface area contributed by atoms with E-state index in [2.05, 4.69) is 26.2 Å². The minimum atomic E-state index is -0.499. The fourth-order valence-corrected chi connectivity index (χ4v) is 2.37. The van der Waals surface area contributed by atoms with E-state index < -0.39 is 12.0 Å². The highest BCUT2D eigenvalue weighted by molar-refractivity contribution is 6.31. The molecule has 0 saturated carbocycles. The van der Waals surface area contributed by atoms with Crippen molar-refractivity contribution in [1.29, 1.82) is 0 Å². The molecule has 1 aromatic heterocycles. The molecule has 3 rings (SSSR count). The molecule has 2 heterocycles. The van der Waals surface area contributed by atoms with Gasteiger partial charge in [-0.3, -0.25) is 5.32 Å². The van der Waals surface area contributed by atoms with E-state index in [-0.39, 0.29) is 12.4 Å². The number of nitrogens with zero attached hydrogens (tertiary/aromatic N) is 4. The van der Waals surface area contributed by atoms with Crippen LogP contribution in [-0.4, -0.2) is 40.0 Å². The zero-order valence-corrected chi connectivity index (χ0v) is 12.4. The summed E-state index contributed by atoms with van der Waals surface area (Å²) in [5.74, 6) is -0.149. The first-order valence-corrected chi connectivity index (χ1v) is 6.91. The number of nitrogens with one attached hydrogen (secondary N) is 2. The van der Waals surface area contributed by atoms with Gasteiger partial charge in [0.1, 0.15) is 18.5 Å². The van der Waals surface area contributed by atoms with E-state index in [9.17, 15) is 4.79 Å². The van der Waals surface area contributed by atoms with Gasteiger partial charge >= 0.3 is 5.97 Å². The molecule has 0 spiro atoms. The van der Waals surface area contributed by atoms with Crippen molar-refractivity contribution >= 4 is 23.5 Å². The first-order valence-electron chi connectivity index (χ1n) is 6.53. The average molecular weight is 321 g/mol. The van der Waals surface area contributed by atoms with Gasteiger partial charge in [-0.1, -0.05) is 34.9 Å². The molecule has 114 valence electrons. The number of allylic oxidation sites excluding steroid dienone is 1. The number of benzene rings is 1. The summed E-state index contributed by atoms with van der Waals surface area (Å²) in [6.07, 6.45) is 1.68. The number of fused-ring (bicyclic) bond motifs is 1. The summed E-state index contributed by atoms with van der Waals surface area (Å²) in [4.78, 5) is 12.0. The number of rotatable bonds is 4. The predicted molar refractivity (Wildman–Crippen MR) is 79.1 cm³/mol. The SMILES string of the molecule is CNCOC(=O)C1=CC(c2ccccc2Cl)n2nnnc2N1. The zero-order chi connectivity index (χ0) is 15.5. The number of tetrazole rings is 1. The summed E-state index contributed by atoms with van der Waals surface area (Å²) in [6.45, 7) is 0.111. The Balaban J connectivity index is 1.99. The van der Waals surface area contributed by atoms with Crippen molar-refractivity contribution < 1.29 is 9.53 Å². The second kappa shape index (κ2) is 6.12. The molecule has 9 heteroatoms. The first-order chi connectivity index (χ1) is 10.7. The molecule has 0 aliphatic carbocycles. The molecule has 2 aromatic rings. The van der Waals surface area contributed by atoms with E-state index in [0.29, 0.717) is 11.0 Å². The van der Waals surface area contributed by atoms with Crippen LogP contribution in [0.5, 0.6) is 0 Å². The molecule has 0 radical (unpaired) electrons. The van der Waals surface area contributed by atoms with Crippen molar-refractivity contribution in [3.63, 3.8) is 0 Å². The molecule has 1 aliphatic heterocycles. The van der Waals surface area contributed by atoms with Crippen LogP contribution >= 0.6 is 11.6 Å². The van der Waals surface area contributed by atoms with Crippen molar-refractivity contribution in [2.75, 3.05) is 19.1 Å². The van der Waals surface area contributed by atoms with E-state index in [1.165, 1.54) is 0 Å². The van der Waals surface area contributed by atoms with Gasteiger partial charge in [-0.25, -0.2) is 4.79 Å². The lowest BCUT2D eigenvalue weighted by atomic mass is 10.0. The Morgan fingerprint density at radius 2 is 2.32 bits per heavy atom. The van der Waals surface area contributed by atoms with E-state index >= 15 is 0 Å². The number of aromatic nitrogens is 4. The third kappa shape index (κ3) is 2.66. The van der Waals surface area contributed by atoms with Crippen molar-refractivity contribution in [3.05, 3.63) is 46.6 Å². The lowest BCUT2D eigenvalue weighted by molar-refractivity contribution is -0.139. The second-order valence-electron chi connectivity index (χ2n) is 4.55. The van der Waals surface area contributed by atoms with Gasteiger partial charge in [0.15, 0.2) is 0 Å². The monoisotopic (exact) mass is 320 g/mol.